The fraction of sp³-hybridized carbons (Fsp3) is 0.900. The minimum absolute atomic E-state index is 0.0825. The molecule has 0 aromatic rings. The van der Waals surface area contributed by atoms with Crippen molar-refractivity contribution in [3.8, 4) is 0 Å². The average molecular weight is 186 g/mol. The Morgan fingerprint density at radius 1 is 1.23 bits per heavy atom. The zero-order chi connectivity index (χ0) is 9.68. The van der Waals surface area contributed by atoms with Crippen molar-refractivity contribution in [3.05, 3.63) is 0 Å². The van der Waals surface area contributed by atoms with Crippen LogP contribution in [0, 0.1) is 5.92 Å². The first kappa shape index (κ1) is 10.5. The molecule has 0 spiro atoms. The van der Waals surface area contributed by atoms with Crippen LogP contribution in [0.4, 0.5) is 0 Å². The van der Waals surface area contributed by atoms with Crippen molar-refractivity contribution in [3.63, 3.8) is 0 Å². The quantitative estimate of drug-likeness (QED) is 0.630. The molecule has 0 amide bonds. The highest BCUT2D eigenvalue weighted by Crippen LogP contribution is 2.28. The number of hydrogen-bond donors (Lipinski definition) is 0. The van der Waals surface area contributed by atoms with Crippen molar-refractivity contribution in [2.75, 3.05) is 14.2 Å². The van der Waals surface area contributed by atoms with Gasteiger partial charge in [-0.05, 0) is 31.6 Å². The highest BCUT2D eigenvalue weighted by molar-refractivity contribution is 5.69. The molecule has 13 heavy (non-hydrogen) atoms. The second kappa shape index (κ2) is 5.22. The monoisotopic (exact) mass is 186 g/mol. The maximum atomic E-state index is 11.0. The van der Waals surface area contributed by atoms with E-state index >= 15 is 0 Å². The van der Waals surface area contributed by atoms with Crippen LogP contribution in [0.3, 0.4) is 0 Å². The largest absolute Gasteiger partial charge is 0.469 e. The molecular weight excluding hydrogens is 168 g/mol. The highest BCUT2D eigenvalue weighted by atomic mass is 16.5. The van der Waals surface area contributed by atoms with Gasteiger partial charge in [0.05, 0.1) is 13.2 Å². The van der Waals surface area contributed by atoms with Gasteiger partial charge in [-0.15, -0.1) is 0 Å². The first-order chi connectivity index (χ1) is 6.26. The second-order valence-corrected chi connectivity index (χ2v) is 3.66. The zero-order valence-electron chi connectivity index (χ0n) is 8.41. The maximum absolute atomic E-state index is 11.0. The van der Waals surface area contributed by atoms with Gasteiger partial charge in [0.1, 0.15) is 0 Å². The van der Waals surface area contributed by atoms with Gasteiger partial charge in [0.15, 0.2) is 0 Å². The van der Waals surface area contributed by atoms with Crippen molar-refractivity contribution in [1.29, 1.82) is 0 Å². The van der Waals surface area contributed by atoms with Gasteiger partial charge >= 0.3 is 5.97 Å². The SMILES string of the molecule is COC(=O)C[C@H]1CC[C@H](OC)CC1. The summed E-state index contributed by atoms with van der Waals surface area (Å²) in [6.45, 7) is 0. The van der Waals surface area contributed by atoms with Crippen molar-refractivity contribution < 1.29 is 14.3 Å². The first-order valence-electron chi connectivity index (χ1n) is 4.86. The molecule has 1 aliphatic rings. The Bertz CT molecular complexity index is 160. The molecule has 0 N–H and O–H groups in total. The lowest BCUT2D eigenvalue weighted by atomic mass is 9.85. The fourth-order valence-electron chi connectivity index (χ4n) is 1.89. The molecule has 3 nitrogen and oxygen atoms in total. The van der Waals surface area contributed by atoms with Crippen LogP contribution in [0.25, 0.3) is 0 Å². The van der Waals surface area contributed by atoms with Gasteiger partial charge < -0.3 is 9.47 Å². The Hall–Kier alpha value is -0.570. The van der Waals surface area contributed by atoms with Gasteiger partial charge in [-0.2, -0.15) is 0 Å². The number of carbonyl (C=O) groups is 1. The molecule has 0 heterocycles. The summed E-state index contributed by atoms with van der Waals surface area (Å²) in [4.78, 5) is 11.0. The second-order valence-electron chi connectivity index (χ2n) is 3.66. The van der Waals surface area contributed by atoms with Crippen LogP contribution in [-0.4, -0.2) is 26.3 Å². The average Bonchev–Trinajstić information content (AvgIpc) is 2.19. The van der Waals surface area contributed by atoms with Gasteiger partial charge in [0, 0.05) is 13.5 Å². The van der Waals surface area contributed by atoms with Crippen LogP contribution in [0.2, 0.25) is 0 Å². The summed E-state index contributed by atoms with van der Waals surface area (Å²) in [6.07, 6.45) is 5.33. The third-order valence-corrected chi connectivity index (χ3v) is 2.81. The molecule has 0 radical (unpaired) electrons. The van der Waals surface area contributed by atoms with Gasteiger partial charge in [-0.3, -0.25) is 4.79 Å². The summed E-state index contributed by atoms with van der Waals surface area (Å²) in [5.41, 5.74) is 0. The third-order valence-electron chi connectivity index (χ3n) is 2.81. The number of ether oxygens (including phenoxy) is 2. The predicted octanol–water partition coefficient (Wildman–Crippen LogP) is 1.75. The molecule has 1 aliphatic carbocycles. The van der Waals surface area contributed by atoms with E-state index in [1.54, 1.807) is 7.11 Å². The van der Waals surface area contributed by atoms with E-state index in [1.807, 2.05) is 0 Å². The van der Waals surface area contributed by atoms with E-state index < -0.39 is 0 Å². The van der Waals surface area contributed by atoms with E-state index in [9.17, 15) is 4.79 Å². The Morgan fingerprint density at radius 2 is 1.85 bits per heavy atom. The van der Waals surface area contributed by atoms with Crippen LogP contribution in [0.5, 0.6) is 0 Å². The highest BCUT2D eigenvalue weighted by Gasteiger charge is 2.22. The number of esters is 1. The smallest absolute Gasteiger partial charge is 0.305 e. The third kappa shape index (κ3) is 3.35. The van der Waals surface area contributed by atoms with Gasteiger partial charge in [-0.25, -0.2) is 0 Å². The fourth-order valence-corrected chi connectivity index (χ4v) is 1.89. The first-order valence-corrected chi connectivity index (χ1v) is 4.86. The number of rotatable bonds is 3. The van der Waals surface area contributed by atoms with Crippen LogP contribution in [0.1, 0.15) is 32.1 Å². The van der Waals surface area contributed by atoms with Crippen molar-refractivity contribution in [1.82, 2.24) is 0 Å². The molecule has 1 rings (SSSR count). The van der Waals surface area contributed by atoms with E-state index in [2.05, 4.69) is 4.74 Å². The summed E-state index contributed by atoms with van der Waals surface area (Å²) in [5, 5.41) is 0. The normalized spacial score (nSPS) is 28.5. The van der Waals surface area contributed by atoms with Crippen LogP contribution >= 0.6 is 0 Å². The molecule has 0 aliphatic heterocycles. The van der Waals surface area contributed by atoms with E-state index in [0.29, 0.717) is 18.4 Å². The topological polar surface area (TPSA) is 35.5 Å². The predicted molar refractivity (Wildman–Crippen MR) is 49.4 cm³/mol. The molecule has 3 heteroatoms. The molecule has 1 fully saturated rings. The summed E-state index contributed by atoms with van der Waals surface area (Å²) < 4.78 is 9.89. The summed E-state index contributed by atoms with van der Waals surface area (Å²) in [5.74, 6) is 0.430. The van der Waals surface area contributed by atoms with Crippen molar-refractivity contribution in [2.45, 2.75) is 38.2 Å². The Balaban J connectivity index is 2.21. The summed E-state index contributed by atoms with van der Waals surface area (Å²) in [7, 11) is 3.20. The standard InChI is InChI=1S/C10H18O3/c1-12-9-5-3-8(4-6-9)7-10(11)13-2/h8-9H,3-7H2,1-2H3/t8-,9-. The number of hydrogen-bond acceptors (Lipinski definition) is 3. The molecule has 0 bridgehead atoms. The van der Waals surface area contributed by atoms with Crippen LogP contribution < -0.4 is 0 Å². The minimum Gasteiger partial charge on any atom is -0.469 e. The molecule has 0 unspecified atom stereocenters. The van der Waals surface area contributed by atoms with Gasteiger partial charge in [-0.1, -0.05) is 0 Å². The van der Waals surface area contributed by atoms with Gasteiger partial charge in [0.25, 0.3) is 0 Å². The lowest BCUT2D eigenvalue weighted by Gasteiger charge is -2.26. The van der Waals surface area contributed by atoms with Crippen LogP contribution in [0.15, 0.2) is 0 Å². The minimum atomic E-state index is -0.0825. The molecule has 76 valence electrons. The van der Waals surface area contributed by atoms with E-state index in [4.69, 9.17) is 4.74 Å². The van der Waals surface area contributed by atoms with Crippen molar-refractivity contribution in [2.24, 2.45) is 5.92 Å². The lowest BCUT2D eigenvalue weighted by Crippen LogP contribution is -2.22. The molecule has 0 aromatic carbocycles. The molecule has 0 atom stereocenters. The molecule has 1 saturated carbocycles. The Kier molecular flexibility index (Phi) is 4.22. The Morgan fingerprint density at radius 3 is 2.31 bits per heavy atom. The number of methoxy groups -OCH3 is 2. The van der Waals surface area contributed by atoms with Gasteiger partial charge in [0.2, 0.25) is 0 Å². The molecule has 0 aromatic heterocycles. The maximum Gasteiger partial charge on any atom is 0.305 e. The number of carbonyl (C=O) groups excluding carboxylic acids is 1. The Labute approximate surface area is 79.4 Å². The summed E-state index contributed by atoms with van der Waals surface area (Å²) >= 11 is 0. The van der Waals surface area contributed by atoms with Crippen molar-refractivity contribution >= 4 is 5.97 Å². The lowest BCUT2D eigenvalue weighted by molar-refractivity contribution is -0.142. The van der Waals surface area contributed by atoms with Crippen LogP contribution in [-0.2, 0) is 14.3 Å². The van der Waals surface area contributed by atoms with E-state index in [0.717, 1.165) is 25.7 Å². The zero-order valence-corrected chi connectivity index (χ0v) is 8.41. The van der Waals surface area contributed by atoms with E-state index in [-0.39, 0.29) is 5.97 Å². The summed E-state index contributed by atoms with van der Waals surface area (Å²) in [6, 6.07) is 0. The molecule has 0 saturated heterocycles. The molecular formula is C10H18O3. The van der Waals surface area contributed by atoms with E-state index in [1.165, 1.54) is 7.11 Å².